The molecule has 2 N–H and O–H groups in total. The van der Waals surface area contributed by atoms with Gasteiger partial charge >= 0.3 is 0 Å². The lowest BCUT2D eigenvalue weighted by atomic mass is 10.4. The van der Waals surface area contributed by atoms with Crippen molar-refractivity contribution in [2.45, 2.75) is 11.8 Å². The Bertz CT molecular complexity index is 433. The number of ether oxygens (including phenoxy) is 1. The molecule has 1 heterocycles. The number of pyridine rings is 1. The minimum Gasteiger partial charge on any atom is -0.491 e. The van der Waals surface area contributed by atoms with Gasteiger partial charge in [-0.15, -0.1) is 0 Å². The Balaban J connectivity index is 3.36. The van der Waals surface area contributed by atoms with E-state index in [2.05, 4.69) is 4.98 Å². The predicted molar refractivity (Wildman–Crippen MR) is 51.8 cm³/mol. The molecule has 0 saturated carbocycles. The fourth-order valence-electron chi connectivity index (χ4n) is 0.892. The van der Waals surface area contributed by atoms with Crippen LogP contribution in [0.2, 0.25) is 5.02 Å². The first-order chi connectivity index (χ1) is 6.46. The maximum Gasteiger partial charge on any atom is 0.243 e. The first-order valence-corrected chi connectivity index (χ1v) is 5.68. The summed E-state index contributed by atoms with van der Waals surface area (Å²) in [6.45, 7) is 2.01. The van der Waals surface area contributed by atoms with Crippen LogP contribution in [0.3, 0.4) is 0 Å². The number of hydrogen-bond acceptors (Lipinski definition) is 4. The Kier molecular flexibility index (Phi) is 3.30. The molecule has 1 aromatic rings. The Morgan fingerprint density at radius 2 is 2.21 bits per heavy atom. The van der Waals surface area contributed by atoms with Crippen LogP contribution >= 0.6 is 11.6 Å². The van der Waals surface area contributed by atoms with E-state index in [0.717, 1.165) is 6.20 Å². The van der Waals surface area contributed by atoms with Gasteiger partial charge in [0, 0.05) is 6.20 Å². The van der Waals surface area contributed by atoms with Gasteiger partial charge in [-0.05, 0) is 6.92 Å². The summed E-state index contributed by atoms with van der Waals surface area (Å²) in [5.74, 6) is 0.0478. The van der Waals surface area contributed by atoms with Crippen LogP contribution in [-0.2, 0) is 10.0 Å². The molecule has 0 aliphatic heterocycles. The molecule has 0 saturated heterocycles. The zero-order chi connectivity index (χ0) is 10.8. The largest absolute Gasteiger partial charge is 0.491 e. The van der Waals surface area contributed by atoms with Gasteiger partial charge in [-0.2, -0.15) is 0 Å². The topological polar surface area (TPSA) is 82.3 Å². The van der Waals surface area contributed by atoms with Gasteiger partial charge < -0.3 is 4.74 Å². The van der Waals surface area contributed by atoms with Gasteiger partial charge in [0.05, 0.1) is 12.8 Å². The van der Waals surface area contributed by atoms with Crippen molar-refractivity contribution >= 4 is 21.6 Å². The molecule has 1 aromatic heterocycles. The second-order valence-corrected chi connectivity index (χ2v) is 4.36. The van der Waals surface area contributed by atoms with Gasteiger partial charge in [-0.1, -0.05) is 11.6 Å². The Hall–Kier alpha value is -0.850. The number of halogens is 1. The molecule has 0 aromatic carbocycles. The number of sulfonamides is 1. The molecule has 7 heteroatoms. The van der Waals surface area contributed by atoms with Crippen LogP contribution < -0.4 is 9.88 Å². The van der Waals surface area contributed by atoms with Crippen LogP contribution in [-0.4, -0.2) is 20.0 Å². The van der Waals surface area contributed by atoms with Gasteiger partial charge in [0.2, 0.25) is 10.0 Å². The molecule has 0 aliphatic rings. The second-order valence-electron chi connectivity index (χ2n) is 2.43. The van der Waals surface area contributed by atoms with Crippen molar-refractivity contribution in [3.8, 4) is 5.75 Å². The number of aromatic nitrogens is 1. The van der Waals surface area contributed by atoms with Crippen molar-refractivity contribution < 1.29 is 13.2 Å². The highest BCUT2D eigenvalue weighted by atomic mass is 35.5. The molecule has 78 valence electrons. The first kappa shape index (κ1) is 11.2. The average Bonchev–Trinajstić information content (AvgIpc) is 2.07. The third kappa shape index (κ3) is 2.34. The van der Waals surface area contributed by atoms with E-state index in [9.17, 15) is 8.42 Å². The molecule has 0 bridgehead atoms. The zero-order valence-electron chi connectivity index (χ0n) is 7.40. The molecule has 0 fully saturated rings. The number of nitrogens with two attached hydrogens (primary N) is 1. The summed E-state index contributed by atoms with van der Waals surface area (Å²) < 4.78 is 27.2. The van der Waals surface area contributed by atoms with E-state index < -0.39 is 10.0 Å². The van der Waals surface area contributed by atoms with E-state index in [0.29, 0.717) is 6.61 Å². The van der Waals surface area contributed by atoms with Crippen LogP contribution in [0.25, 0.3) is 0 Å². The summed E-state index contributed by atoms with van der Waals surface area (Å²) in [6.07, 6.45) is 2.40. The third-order valence-electron chi connectivity index (χ3n) is 1.42. The van der Waals surface area contributed by atoms with E-state index in [-0.39, 0.29) is 15.7 Å². The van der Waals surface area contributed by atoms with Crippen molar-refractivity contribution in [1.82, 2.24) is 4.98 Å². The molecule has 0 aliphatic carbocycles. The van der Waals surface area contributed by atoms with Gasteiger partial charge in [0.15, 0.2) is 5.75 Å². The van der Waals surface area contributed by atoms with E-state index >= 15 is 0 Å². The molecular formula is C7H9ClN2O3S. The quantitative estimate of drug-likeness (QED) is 0.841. The highest BCUT2D eigenvalue weighted by molar-refractivity contribution is 7.89. The van der Waals surface area contributed by atoms with E-state index in [1.165, 1.54) is 6.20 Å². The lowest BCUT2D eigenvalue weighted by Crippen LogP contribution is -2.14. The first-order valence-electron chi connectivity index (χ1n) is 3.76. The SMILES string of the molecule is CCOc1c(Cl)cncc1S(N)(=O)=O. The summed E-state index contributed by atoms with van der Waals surface area (Å²) in [4.78, 5) is 3.42. The summed E-state index contributed by atoms with van der Waals surface area (Å²) in [6, 6.07) is 0. The Morgan fingerprint density at radius 3 is 2.71 bits per heavy atom. The number of rotatable bonds is 3. The smallest absolute Gasteiger partial charge is 0.243 e. The number of hydrogen-bond donors (Lipinski definition) is 1. The van der Waals surface area contributed by atoms with Crippen molar-refractivity contribution in [1.29, 1.82) is 0 Å². The molecule has 0 radical (unpaired) electrons. The summed E-state index contributed by atoms with van der Waals surface area (Å²) in [5.41, 5.74) is 0. The molecular weight excluding hydrogens is 228 g/mol. The van der Waals surface area contributed by atoms with E-state index in [1.54, 1.807) is 6.92 Å². The number of primary sulfonamides is 1. The summed E-state index contributed by atoms with van der Waals surface area (Å²) in [5, 5.41) is 5.07. The molecule has 0 unspecified atom stereocenters. The molecule has 0 amide bonds. The lowest BCUT2D eigenvalue weighted by Gasteiger charge is -2.08. The van der Waals surface area contributed by atoms with Crippen LogP contribution in [0, 0.1) is 0 Å². The summed E-state index contributed by atoms with van der Waals surface area (Å²) >= 11 is 5.71. The molecule has 0 spiro atoms. The molecule has 0 atom stereocenters. The standard InChI is InChI=1S/C7H9ClN2O3S/c1-2-13-7-5(8)3-10-4-6(7)14(9,11)12/h3-4H,2H2,1H3,(H2,9,11,12). The fourth-order valence-corrected chi connectivity index (χ4v) is 1.80. The zero-order valence-corrected chi connectivity index (χ0v) is 8.97. The molecule has 14 heavy (non-hydrogen) atoms. The van der Waals surface area contributed by atoms with E-state index in [1.807, 2.05) is 0 Å². The van der Waals surface area contributed by atoms with Gasteiger partial charge in [-0.25, -0.2) is 13.6 Å². The van der Waals surface area contributed by atoms with Crippen molar-refractivity contribution in [2.75, 3.05) is 6.61 Å². The average molecular weight is 237 g/mol. The highest BCUT2D eigenvalue weighted by Gasteiger charge is 2.18. The van der Waals surface area contributed by atoms with Crippen molar-refractivity contribution in [2.24, 2.45) is 5.14 Å². The maximum atomic E-state index is 11.1. The lowest BCUT2D eigenvalue weighted by molar-refractivity contribution is 0.331. The predicted octanol–water partition coefficient (Wildman–Crippen LogP) is 0.781. The third-order valence-corrected chi connectivity index (χ3v) is 2.59. The Morgan fingerprint density at radius 1 is 1.57 bits per heavy atom. The minimum absolute atomic E-state index is 0.0478. The summed E-state index contributed by atoms with van der Waals surface area (Å²) in [7, 11) is -3.85. The van der Waals surface area contributed by atoms with Crippen molar-refractivity contribution in [3.63, 3.8) is 0 Å². The van der Waals surface area contributed by atoms with E-state index in [4.69, 9.17) is 21.5 Å². The number of nitrogens with zero attached hydrogens (tertiary/aromatic N) is 1. The van der Waals surface area contributed by atoms with Crippen molar-refractivity contribution in [3.05, 3.63) is 17.4 Å². The van der Waals surface area contributed by atoms with Crippen LogP contribution in [0.4, 0.5) is 0 Å². The molecule has 1 rings (SSSR count). The minimum atomic E-state index is -3.85. The van der Waals surface area contributed by atoms with Gasteiger partial charge in [0.25, 0.3) is 0 Å². The normalized spacial score (nSPS) is 11.4. The monoisotopic (exact) mass is 236 g/mol. The van der Waals surface area contributed by atoms with Crippen LogP contribution in [0.15, 0.2) is 17.3 Å². The molecule has 5 nitrogen and oxygen atoms in total. The van der Waals surface area contributed by atoms with Gasteiger partial charge in [-0.3, -0.25) is 4.98 Å². The van der Waals surface area contributed by atoms with Gasteiger partial charge in [0.1, 0.15) is 9.92 Å². The van der Waals surface area contributed by atoms with Crippen LogP contribution in [0.5, 0.6) is 5.75 Å². The fraction of sp³-hybridized carbons (Fsp3) is 0.286. The maximum absolute atomic E-state index is 11.1. The Labute approximate surface area is 86.9 Å². The van der Waals surface area contributed by atoms with Crippen LogP contribution in [0.1, 0.15) is 6.92 Å². The highest BCUT2D eigenvalue weighted by Crippen LogP contribution is 2.29. The second kappa shape index (κ2) is 4.12.